The lowest BCUT2D eigenvalue weighted by Crippen LogP contribution is -2.26. The van der Waals surface area contributed by atoms with Crippen LogP contribution in [0.1, 0.15) is 19.8 Å². The van der Waals surface area contributed by atoms with E-state index in [-0.39, 0.29) is 0 Å². The zero-order chi connectivity index (χ0) is 6.43. The minimum absolute atomic E-state index is 0.378. The predicted octanol–water partition coefficient (Wildman–Crippen LogP) is 1.54. The van der Waals surface area contributed by atoms with Crippen molar-refractivity contribution in [3.63, 3.8) is 0 Å². The number of fused-ring (bicyclic) bond motifs is 1. The molecule has 1 nitrogen and oxygen atoms in total. The van der Waals surface area contributed by atoms with Gasteiger partial charge in [0.1, 0.15) is 0 Å². The first kappa shape index (κ1) is 5.21. The van der Waals surface area contributed by atoms with E-state index in [1.807, 2.05) is 6.08 Å². The summed E-state index contributed by atoms with van der Waals surface area (Å²) in [6, 6.07) is 0. The second kappa shape index (κ2) is 1.47. The maximum atomic E-state index is 11.0. The van der Waals surface area contributed by atoms with Crippen LogP contribution in [0.15, 0.2) is 11.6 Å². The van der Waals surface area contributed by atoms with E-state index in [0.717, 1.165) is 6.42 Å². The van der Waals surface area contributed by atoms with Crippen molar-refractivity contribution < 1.29 is 4.79 Å². The summed E-state index contributed by atoms with van der Waals surface area (Å²) in [6.45, 7) is 2.07. The van der Waals surface area contributed by atoms with Gasteiger partial charge in [0.25, 0.3) is 0 Å². The highest BCUT2D eigenvalue weighted by Gasteiger charge is 2.40. The van der Waals surface area contributed by atoms with Gasteiger partial charge >= 0.3 is 0 Å². The molecule has 2 rings (SSSR count). The largest absolute Gasteiger partial charge is 0.295 e. The third kappa shape index (κ3) is 0.521. The van der Waals surface area contributed by atoms with Gasteiger partial charge < -0.3 is 0 Å². The van der Waals surface area contributed by atoms with Crippen molar-refractivity contribution in [2.45, 2.75) is 19.8 Å². The molecule has 0 aromatic heterocycles. The van der Waals surface area contributed by atoms with Crippen molar-refractivity contribution in [2.24, 2.45) is 11.8 Å². The smallest absolute Gasteiger partial charge is 0.159 e. The number of carbonyl (C=O) groups is 1. The second-order valence-electron chi connectivity index (χ2n) is 3.08. The predicted molar refractivity (Wildman–Crippen MR) is 35.0 cm³/mol. The van der Waals surface area contributed by atoms with Crippen LogP contribution in [0.2, 0.25) is 0 Å². The molecule has 0 radical (unpaired) electrons. The average Bonchev–Trinajstić information content (AvgIpc) is 1.73. The van der Waals surface area contributed by atoms with E-state index in [4.69, 9.17) is 0 Å². The van der Waals surface area contributed by atoms with E-state index in [9.17, 15) is 4.79 Å². The maximum Gasteiger partial charge on any atom is 0.159 e. The molecule has 0 heterocycles. The molecule has 0 amide bonds. The highest BCUT2D eigenvalue weighted by Crippen LogP contribution is 2.44. The van der Waals surface area contributed by atoms with Crippen molar-refractivity contribution >= 4 is 5.78 Å². The topological polar surface area (TPSA) is 17.1 Å². The average molecular weight is 122 g/mol. The first-order valence-electron chi connectivity index (χ1n) is 3.51. The summed E-state index contributed by atoms with van der Waals surface area (Å²) in [5, 5.41) is 0. The molecule has 0 aromatic carbocycles. The quantitative estimate of drug-likeness (QED) is 0.476. The molecule has 0 aliphatic heterocycles. The van der Waals surface area contributed by atoms with Crippen molar-refractivity contribution in [2.75, 3.05) is 0 Å². The van der Waals surface area contributed by atoms with Crippen molar-refractivity contribution in [1.82, 2.24) is 0 Å². The first-order chi connectivity index (χ1) is 4.29. The summed E-state index contributed by atoms with van der Waals surface area (Å²) in [4.78, 5) is 11.0. The van der Waals surface area contributed by atoms with Gasteiger partial charge in [-0.15, -0.1) is 0 Å². The van der Waals surface area contributed by atoms with E-state index < -0.39 is 0 Å². The van der Waals surface area contributed by atoms with Crippen LogP contribution in [0, 0.1) is 11.8 Å². The van der Waals surface area contributed by atoms with Gasteiger partial charge in [0, 0.05) is 5.92 Å². The molecule has 0 aromatic rings. The second-order valence-corrected chi connectivity index (χ2v) is 3.08. The van der Waals surface area contributed by atoms with E-state index in [1.165, 1.54) is 12.0 Å². The number of rotatable bonds is 0. The van der Waals surface area contributed by atoms with Crippen LogP contribution >= 0.6 is 0 Å². The van der Waals surface area contributed by atoms with E-state index in [2.05, 4.69) is 6.92 Å². The first-order valence-corrected chi connectivity index (χ1v) is 3.51. The van der Waals surface area contributed by atoms with Crippen molar-refractivity contribution in [1.29, 1.82) is 0 Å². The normalized spacial score (nSPS) is 39.7. The molecule has 0 bridgehead atoms. The lowest BCUT2D eigenvalue weighted by Gasteiger charge is -2.30. The zero-order valence-corrected chi connectivity index (χ0v) is 5.55. The lowest BCUT2D eigenvalue weighted by atomic mass is 9.73. The molecule has 2 atom stereocenters. The van der Waals surface area contributed by atoms with Gasteiger partial charge in [-0.25, -0.2) is 0 Å². The molecule has 0 spiro atoms. The molecule has 0 N–H and O–H groups in total. The molecule has 2 aliphatic rings. The minimum Gasteiger partial charge on any atom is -0.295 e. The Morgan fingerprint density at radius 1 is 1.44 bits per heavy atom. The fourth-order valence-electron chi connectivity index (χ4n) is 1.82. The van der Waals surface area contributed by atoms with Gasteiger partial charge in [-0.1, -0.05) is 5.57 Å². The Hall–Kier alpha value is -0.590. The van der Waals surface area contributed by atoms with Crippen LogP contribution < -0.4 is 0 Å². The molecule has 1 heteroatoms. The Morgan fingerprint density at radius 3 is 2.33 bits per heavy atom. The zero-order valence-electron chi connectivity index (χ0n) is 5.55. The Kier molecular flexibility index (Phi) is 0.850. The van der Waals surface area contributed by atoms with Crippen LogP contribution in [0.3, 0.4) is 0 Å². The van der Waals surface area contributed by atoms with Crippen LogP contribution in [0.25, 0.3) is 0 Å². The van der Waals surface area contributed by atoms with Crippen LogP contribution in [-0.2, 0) is 4.79 Å². The molecular weight excluding hydrogens is 112 g/mol. The van der Waals surface area contributed by atoms with Gasteiger partial charge in [0.05, 0.1) is 0 Å². The number of hydrogen-bond acceptors (Lipinski definition) is 1. The molecule has 0 unspecified atom stereocenters. The fourth-order valence-corrected chi connectivity index (χ4v) is 1.82. The Morgan fingerprint density at radius 2 is 2.11 bits per heavy atom. The Balaban J connectivity index is 2.29. The van der Waals surface area contributed by atoms with Crippen LogP contribution in [0.5, 0.6) is 0 Å². The van der Waals surface area contributed by atoms with E-state index in [0.29, 0.717) is 17.6 Å². The van der Waals surface area contributed by atoms with Crippen molar-refractivity contribution in [3.8, 4) is 0 Å². The Labute approximate surface area is 54.8 Å². The van der Waals surface area contributed by atoms with Gasteiger partial charge in [0.2, 0.25) is 0 Å². The van der Waals surface area contributed by atoms with Crippen LogP contribution in [0.4, 0.5) is 0 Å². The summed E-state index contributed by atoms with van der Waals surface area (Å²) in [5.41, 5.74) is 1.32. The van der Waals surface area contributed by atoms with Gasteiger partial charge in [-0.3, -0.25) is 4.79 Å². The Bertz CT molecular complexity index is 191. The fraction of sp³-hybridized carbons (Fsp3) is 0.625. The molecule has 1 fully saturated rings. The van der Waals surface area contributed by atoms with E-state index in [1.54, 1.807) is 0 Å². The maximum absolute atomic E-state index is 11.0. The highest BCUT2D eigenvalue weighted by molar-refractivity contribution is 5.96. The third-order valence-corrected chi connectivity index (χ3v) is 2.59. The van der Waals surface area contributed by atoms with Gasteiger partial charge in [0.15, 0.2) is 5.78 Å². The molecule has 9 heavy (non-hydrogen) atoms. The monoisotopic (exact) mass is 122 g/mol. The van der Waals surface area contributed by atoms with E-state index >= 15 is 0 Å². The molecular formula is C8H10O. The number of ketones is 1. The number of allylic oxidation sites excluding steroid dienone is 2. The summed E-state index contributed by atoms with van der Waals surface area (Å²) >= 11 is 0. The molecule has 1 saturated carbocycles. The molecule has 48 valence electrons. The number of hydrogen-bond donors (Lipinski definition) is 0. The standard InChI is InChI=1S/C8H10O/c1-5-4-8(9)7-3-2-6(5)7/h4,6-7H,2-3H2,1H3/t6-,7-/m1/s1. The highest BCUT2D eigenvalue weighted by atomic mass is 16.1. The molecule has 2 aliphatic carbocycles. The minimum atomic E-state index is 0.378. The number of carbonyl (C=O) groups excluding carboxylic acids is 1. The summed E-state index contributed by atoms with van der Waals surface area (Å²) in [7, 11) is 0. The van der Waals surface area contributed by atoms with Crippen LogP contribution in [-0.4, -0.2) is 5.78 Å². The lowest BCUT2D eigenvalue weighted by molar-refractivity contribution is -0.120. The van der Waals surface area contributed by atoms with Gasteiger partial charge in [-0.2, -0.15) is 0 Å². The SMILES string of the molecule is CC1=CC(=O)[C@@H]2CC[C@H]12. The van der Waals surface area contributed by atoms with Crippen molar-refractivity contribution in [3.05, 3.63) is 11.6 Å². The molecule has 0 saturated heterocycles. The summed E-state index contributed by atoms with van der Waals surface area (Å²) in [6.07, 6.45) is 4.21. The third-order valence-electron chi connectivity index (χ3n) is 2.59. The summed E-state index contributed by atoms with van der Waals surface area (Å²) < 4.78 is 0. The van der Waals surface area contributed by atoms with Gasteiger partial charge in [-0.05, 0) is 31.8 Å². The summed E-state index contributed by atoms with van der Waals surface area (Å²) in [5.74, 6) is 1.44.